The van der Waals surface area contributed by atoms with E-state index in [1.54, 1.807) is 24.3 Å². The first kappa shape index (κ1) is 11.2. The summed E-state index contributed by atoms with van der Waals surface area (Å²) in [4.78, 5) is 4.20. The van der Waals surface area contributed by atoms with Gasteiger partial charge in [-0.3, -0.25) is 0 Å². The van der Waals surface area contributed by atoms with Gasteiger partial charge in [-0.1, -0.05) is 0 Å². The first-order valence-corrected chi connectivity index (χ1v) is 6.52. The van der Waals surface area contributed by atoms with Crippen LogP contribution < -0.4 is 5.73 Å². The number of thiophene rings is 1. The van der Waals surface area contributed by atoms with Crippen molar-refractivity contribution in [1.82, 2.24) is 9.55 Å². The topological polar surface area (TPSA) is 43.8 Å². The Bertz CT molecular complexity index is 701. The van der Waals surface area contributed by atoms with Crippen molar-refractivity contribution in [2.75, 3.05) is 5.73 Å². The number of imidazole rings is 1. The molecule has 3 nitrogen and oxygen atoms in total. The highest BCUT2D eigenvalue weighted by atomic mass is 32.1. The Morgan fingerprint density at radius 2 is 2.28 bits per heavy atom. The molecule has 0 radical (unpaired) electrons. The molecule has 3 rings (SSSR count). The van der Waals surface area contributed by atoms with Crippen LogP contribution in [0.1, 0.15) is 11.1 Å². The average molecular weight is 261 g/mol. The minimum Gasteiger partial charge on any atom is -0.369 e. The molecule has 0 spiro atoms. The van der Waals surface area contributed by atoms with Crippen LogP contribution >= 0.6 is 11.3 Å². The quantitative estimate of drug-likeness (QED) is 0.770. The highest BCUT2D eigenvalue weighted by Gasteiger charge is 2.11. The Balaban J connectivity index is 2.16. The lowest BCUT2D eigenvalue weighted by atomic mass is 10.2. The van der Waals surface area contributed by atoms with Crippen LogP contribution in [-0.2, 0) is 6.54 Å². The van der Waals surface area contributed by atoms with Gasteiger partial charge in [-0.15, -0.1) is 0 Å². The molecular formula is C13H12FN3S. The fourth-order valence-electron chi connectivity index (χ4n) is 2.00. The van der Waals surface area contributed by atoms with Gasteiger partial charge in [0, 0.05) is 6.07 Å². The fraction of sp³-hybridized carbons (Fsp3) is 0.154. The first-order chi connectivity index (χ1) is 8.65. The number of hydrogen-bond acceptors (Lipinski definition) is 3. The maximum atomic E-state index is 13.5. The molecule has 3 aromatic rings. The monoisotopic (exact) mass is 261 g/mol. The summed E-state index contributed by atoms with van der Waals surface area (Å²) in [5, 5.41) is 4.09. The summed E-state index contributed by atoms with van der Waals surface area (Å²) in [5.41, 5.74) is 9.16. The Hall–Kier alpha value is -1.88. The van der Waals surface area contributed by atoms with Gasteiger partial charge in [-0.05, 0) is 40.9 Å². The zero-order chi connectivity index (χ0) is 12.7. The molecule has 1 aromatic carbocycles. The molecule has 0 aliphatic heterocycles. The number of halogens is 1. The average Bonchev–Trinajstić information content (AvgIpc) is 2.92. The van der Waals surface area contributed by atoms with E-state index in [4.69, 9.17) is 5.73 Å². The summed E-state index contributed by atoms with van der Waals surface area (Å²) >= 11 is 1.64. The second kappa shape index (κ2) is 4.10. The third-order valence-corrected chi connectivity index (χ3v) is 3.71. The van der Waals surface area contributed by atoms with Crippen LogP contribution in [0.4, 0.5) is 10.3 Å². The lowest BCUT2D eigenvalue weighted by molar-refractivity contribution is 0.620. The maximum absolute atomic E-state index is 13.5. The molecule has 18 heavy (non-hydrogen) atoms. The Morgan fingerprint density at radius 3 is 3.00 bits per heavy atom. The van der Waals surface area contributed by atoms with Gasteiger partial charge < -0.3 is 10.3 Å². The van der Waals surface area contributed by atoms with E-state index in [0.29, 0.717) is 23.6 Å². The van der Waals surface area contributed by atoms with Crippen LogP contribution in [-0.4, -0.2) is 9.55 Å². The van der Waals surface area contributed by atoms with Gasteiger partial charge in [0.25, 0.3) is 0 Å². The SMILES string of the molecule is Cc1cc2c(cc1F)nc(N)n2Cc1ccsc1. The predicted octanol–water partition coefficient (Wildman–Crippen LogP) is 3.18. The highest BCUT2D eigenvalue weighted by Crippen LogP contribution is 2.23. The molecule has 0 aliphatic rings. The molecule has 5 heteroatoms. The molecule has 0 aliphatic carbocycles. The number of aryl methyl sites for hydroxylation is 1. The summed E-state index contributed by atoms with van der Waals surface area (Å²) in [6.45, 7) is 2.41. The number of nitrogen functional groups attached to an aromatic ring is 1. The van der Waals surface area contributed by atoms with Crippen molar-refractivity contribution in [3.05, 3.63) is 45.9 Å². The molecule has 0 atom stereocenters. The van der Waals surface area contributed by atoms with Crippen molar-refractivity contribution in [3.8, 4) is 0 Å². The standard InChI is InChI=1S/C13H12FN3S/c1-8-4-12-11(5-10(8)14)16-13(15)17(12)6-9-2-3-18-7-9/h2-5,7H,6H2,1H3,(H2,15,16). The lowest BCUT2D eigenvalue weighted by Crippen LogP contribution is -2.03. The summed E-state index contributed by atoms with van der Waals surface area (Å²) in [7, 11) is 0. The van der Waals surface area contributed by atoms with E-state index in [9.17, 15) is 4.39 Å². The van der Waals surface area contributed by atoms with Crippen molar-refractivity contribution in [2.45, 2.75) is 13.5 Å². The van der Waals surface area contributed by atoms with Gasteiger partial charge in [0.05, 0.1) is 17.6 Å². The normalized spacial score (nSPS) is 11.2. The van der Waals surface area contributed by atoms with Crippen molar-refractivity contribution in [3.63, 3.8) is 0 Å². The van der Waals surface area contributed by atoms with Gasteiger partial charge in [0.2, 0.25) is 5.95 Å². The third-order valence-electron chi connectivity index (χ3n) is 2.98. The first-order valence-electron chi connectivity index (χ1n) is 5.58. The van der Waals surface area contributed by atoms with Gasteiger partial charge in [-0.2, -0.15) is 11.3 Å². The minimum atomic E-state index is -0.248. The minimum absolute atomic E-state index is 0.248. The molecule has 2 heterocycles. The van der Waals surface area contributed by atoms with Crippen molar-refractivity contribution >= 4 is 28.3 Å². The summed E-state index contributed by atoms with van der Waals surface area (Å²) in [6, 6.07) is 5.28. The van der Waals surface area contributed by atoms with Gasteiger partial charge in [-0.25, -0.2) is 9.37 Å². The number of anilines is 1. The Morgan fingerprint density at radius 1 is 1.44 bits per heavy atom. The fourth-order valence-corrected chi connectivity index (χ4v) is 2.66. The van der Waals surface area contributed by atoms with Crippen LogP contribution in [0.15, 0.2) is 29.0 Å². The number of nitrogens with zero attached hydrogens (tertiary/aromatic N) is 2. The number of fused-ring (bicyclic) bond motifs is 1. The largest absolute Gasteiger partial charge is 0.369 e. The molecule has 0 fully saturated rings. The molecule has 2 aromatic heterocycles. The molecule has 0 amide bonds. The predicted molar refractivity (Wildman–Crippen MR) is 72.3 cm³/mol. The maximum Gasteiger partial charge on any atom is 0.201 e. The Kier molecular flexibility index (Phi) is 2.56. The second-order valence-electron chi connectivity index (χ2n) is 4.28. The third kappa shape index (κ3) is 1.76. The van der Waals surface area contributed by atoms with Crippen molar-refractivity contribution in [1.29, 1.82) is 0 Å². The zero-order valence-corrected chi connectivity index (χ0v) is 10.7. The zero-order valence-electron chi connectivity index (χ0n) is 9.85. The molecule has 0 saturated heterocycles. The van der Waals surface area contributed by atoms with Crippen molar-refractivity contribution < 1.29 is 4.39 Å². The van der Waals surface area contributed by atoms with Crippen LogP contribution in [0.3, 0.4) is 0 Å². The molecule has 2 N–H and O–H groups in total. The van der Waals surface area contributed by atoms with Gasteiger partial charge in [0.15, 0.2) is 0 Å². The number of aromatic nitrogens is 2. The highest BCUT2D eigenvalue weighted by molar-refractivity contribution is 7.07. The second-order valence-corrected chi connectivity index (χ2v) is 5.06. The molecule has 0 bridgehead atoms. The lowest BCUT2D eigenvalue weighted by Gasteiger charge is -2.05. The van der Waals surface area contributed by atoms with E-state index in [2.05, 4.69) is 10.4 Å². The van der Waals surface area contributed by atoms with Crippen LogP contribution in [0.5, 0.6) is 0 Å². The summed E-state index contributed by atoms with van der Waals surface area (Å²) in [6.07, 6.45) is 0. The van der Waals surface area contributed by atoms with Gasteiger partial charge >= 0.3 is 0 Å². The number of rotatable bonds is 2. The molecule has 92 valence electrons. The summed E-state index contributed by atoms with van der Waals surface area (Å²) in [5.74, 6) is 0.170. The van der Waals surface area contributed by atoms with E-state index in [1.165, 1.54) is 11.6 Å². The smallest absolute Gasteiger partial charge is 0.201 e. The van der Waals surface area contributed by atoms with Crippen molar-refractivity contribution in [2.24, 2.45) is 0 Å². The van der Waals surface area contributed by atoms with Crippen LogP contribution in [0, 0.1) is 12.7 Å². The number of benzene rings is 1. The van der Waals surface area contributed by atoms with E-state index < -0.39 is 0 Å². The van der Waals surface area contributed by atoms with E-state index in [0.717, 1.165) is 5.52 Å². The van der Waals surface area contributed by atoms with E-state index in [-0.39, 0.29) is 5.82 Å². The van der Waals surface area contributed by atoms with Gasteiger partial charge in [0.1, 0.15) is 5.82 Å². The summed E-state index contributed by atoms with van der Waals surface area (Å²) < 4.78 is 15.4. The molecule has 0 saturated carbocycles. The number of nitrogens with two attached hydrogens (primary N) is 1. The van der Waals surface area contributed by atoms with E-state index >= 15 is 0 Å². The number of hydrogen-bond donors (Lipinski definition) is 1. The van der Waals surface area contributed by atoms with Crippen LogP contribution in [0.25, 0.3) is 11.0 Å². The molecular weight excluding hydrogens is 249 g/mol. The molecule has 0 unspecified atom stereocenters. The van der Waals surface area contributed by atoms with E-state index in [1.807, 2.05) is 16.0 Å². The van der Waals surface area contributed by atoms with Crippen LogP contribution in [0.2, 0.25) is 0 Å². The Labute approximate surface area is 108 Å².